The van der Waals surface area contributed by atoms with Gasteiger partial charge in [-0.15, -0.1) is 0 Å². The van der Waals surface area contributed by atoms with Crippen molar-refractivity contribution in [2.24, 2.45) is 11.7 Å². The third-order valence-electron chi connectivity index (χ3n) is 3.90. The van der Waals surface area contributed by atoms with Gasteiger partial charge >= 0.3 is 0 Å². The zero-order valence-corrected chi connectivity index (χ0v) is 10.2. The van der Waals surface area contributed by atoms with E-state index in [1.165, 1.54) is 0 Å². The minimum absolute atomic E-state index is 0.106. The molecule has 0 aromatic carbocycles. The Morgan fingerprint density at radius 1 is 1.44 bits per heavy atom. The molecule has 4 atom stereocenters. The van der Waals surface area contributed by atoms with Gasteiger partial charge in [-0.1, -0.05) is 20.3 Å². The minimum atomic E-state index is -0.345. The zero-order chi connectivity index (χ0) is 11.7. The quantitative estimate of drug-likeness (QED) is 0.772. The highest BCUT2D eigenvalue weighted by molar-refractivity contribution is 5.82. The molecule has 2 aliphatic rings. The van der Waals surface area contributed by atoms with E-state index in [1.54, 1.807) is 0 Å². The average Bonchev–Trinajstić information content (AvgIpc) is 2.65. The number of morpholine rings is 1. The summed E-state index contributed by atoms with van der Waals surface area (Å²) in [5.74, 6) is 0.363. The van der Waals surface area contributed by atoms with E-state index in [-0.39, 0.29) is 30.1 Å². The van der Waals surface area contributed by atoms with Crippen LogP contribution in [-0.4, -0.2) is 42.1 Å². The highest BCUT2D eigenvalue weighted by Crippen LogP contribution is 2.26. The van der Waals surface area contributed by atoms with E-state index in [9.17, 15) is 4.79 Å². The fourth-order valence-corrected chi connectivity index (χ4v) is 2.50. The van der Waals surface area contributed by atoms with Crippen molar-refractivity contribution in [3.63, 3.8) is 0 Å². The van der Waals surface area contributed by atoms with Gasteiger partial charge in [-0.25, -0.2) is 0 Å². The van der Waals surface area contributed by atoms with E-state index in [2.05, 4.69) is 6.92 Å². The first-order valence-corrected chi connectivity index (χ1v) is 6.31. The normalized spacial score (nSPS) is 32.6. The van der Waals surface area contributed by atoms with Crippen LogP contribution in [0, 0.1) is 5.92 Å². The zero-order valence-electron chi connectivity index (χ0n) is 10.2. The third-order valence-corrected chi connectivity index (χ3v) is 3.90. The maximum atomic E-state index is 12.2. The van der Waals surface area contributed by atoms with E-state index in [1.807, 2.05) is 11.8 Å². The largest absolute Gasteiger partial charge is 0.371 e. The van der Waals surface area contributed by atoms with Gasteiger partial charge in [0, 0.05) is 13.1 Å². The molecule has 2 saturated heterocycles. The number of amides is 1. The van der Waals surface area contributed by atoms with Crippen molar-refractivity contribution in [2.75, 3.05) is 13.1 Å². The van der Waals surface area contributed by atoms with Crippen molar-refractivity contribution in [1.82, 2.24) is 4.90 Å². The molecule has 2 fully saturated rings. The number of rotatable bonds is 3. The fraction of sp³-hybridized carbons (Fsp3) is 0.917. The first-order chi connectivity index (χ1) is 7.61. The lowest BCUT2D eigenvalue weighted by Gasteiger charge is -2.34. The van der Waals surface area contributed by atoms with Gasteiger partial charge in [-0.2, -0.15) is 0 Å². The van der Waals surface area contributed by atoms with Gasteiger partial charge in [-0.3, -0.25) is 4.79 Å². The average molecular weight is 226 g/mol. The summed E-state index contributed by atoms with van der Waals surface area (Å²) in [5, 5.41) is 0. The van der Waals surface area contributed by atoms with Crippen molar-refractivity contribution in [3.05, 3.63) is 0 Å². The molecule has 16 heavy (non-hydrogen) atoms. The molecule has 0 radical (unpaired) electrons. The minimum Gasteiger partial charge on any atom is -0.371 e. The van der Waals surface area contributed by atoms with Crippen LogP contribution in [0.5, 0.6) is 0 Å². The van der Waals surface area contributed by atoms with Gasteiger partial charge in [-0.05, 0) is 18.8 Å². The van der Waals surface area contributed by atoms with Crippen molar-refractivity contribution in [1.29, 1.82) is 0 Å². The lowest BCUT2D eigenvalue weighted by atomic mass is 9.98. The highest BCUT2D eigenvalue weighted by atomic mass is 16.5. The summed E-state index contributed by atoms with van der Waals surface area (Å²) < 4.78 is 5.71. The topological polar surface area (TPSA) is 55.6 Å². The van der Waals surface area contributed by atoms with Crippen molar-refractivity contribution in [3.8, 4) is 0 Å². The predicted octanol–water partition coefficient (Wildman–Crippen LogP) is 0.750. The van der Waals surface area contributed by atoms with Crippen LogP contribution in [-0.2, 0) is 9.53 Å². The Kier molecular flexibility index (Phi) is 3.50. The second-order valence-corrected chi connectivity index (χ2v) is 5.11. The summed E-state index contributed by atoms with van der Waals surface area (Å²) in [6, 6.07) is -0.345. The van der Waals surface area contributed by atoms with Gasteiger partial charge < -0.3 is 15.4 Å². The molecular formula is C12H22N2O2. The number of nitrogens with zero attached hydrogens (tertiary/aromatic N) is 1. The van der Waals surface area contributed by atoms with E-state index >= 15 is 0 Å². The van der Waals surface area contributed by atoms with E-state index in [0.717, 1.165) is 32.4 Å². The maximum absolute atomic E-state index is 12.2. The number of hydrogen-bond donors (Lipinski definition) is 1. The Hall–Kier alpha value is -0.610. The molecule has 2 rings (SSSR count). The van der Waals surface area contributed by atoms with Crippen molar-refractivity contribution < 1.29 is 9.53 Å². The fourth-order valence-electron chi connectivity index (χ4n) is 2.50. The molecular weight excluding hydrogens is 204 g/mol. The molecule has 92 valence electrons. The highest BCUT2D eigenvalue weighted by Gasteiger charge is 2.37. The lowest BCUT2D eigenvalue weighted by molar-refractivity contribution is -0.142. The van der Waals surface area contributed by atoms with Crippen LogP contribution in [0.3, 0.4) is 0 Å². The van der Waals surface area contributed by atoms with Crippen LogP contribution in [0.25, 0.3) is 0 Å². The van der Waals surface area contributed by atoms with Crippen LogP contribution in [0.2, 0.25) is 0 Å². The molecule has 2 aliphatic heterocycles. The number of ether oxygens (including phenoxy) is 1. The molecule has 0 spiro atoms. The summed E-state index contributed by atoms with van der Waals surface area (Å²) in [6.07, 6.45) is 3.64. The summed E-state index contributed by atoms with van der Waals surface area (Å²) in [6.45, 7) is 5.58. The molecule has 3 unspecified atom stereocenters. The van der Waals surface area contributed by atoms with Crippen LogP contribution >= 0.6 is 0 Å². The third kappa shape index (κ3) is 2.23. The van der Waals surface area contributed by atoms with Crippen molar-refractivity contribution in [2.45, 2.75) is 51.4 Å². The van der Waals surface area contributed by atoms with Crippen LogP contribution < -0.4 is 5.73 Å². The number of hydrogen-bond acceptors (Lipinski definition) is 3. The number of fused-ring (bicyclic) bond motifs is 2. The molecule has 0 saturated carbocycles. The Balaban J connectivity index is 1.94. The Morgan fingerprint density at radius 2 is 2.00 bits per heavy atom. The molecule has 1 amide bonds. The standard InChI is InChI=1S/C12H22N2O2/c1-3-8(2)11(13)12(15)14-6-9-4-5-10(7-14)16-9/h8-11H,3-7,13H2,1-2H3/t8?,9?,10?,11-/m0/s1. The van der Waals surface area contributed by atoms with Crippen LogP contribution in [0.15, 0.2) is 0 Å². The first-order valence-electron chi connectivity index (χ1n) is 6.31. The van der Waals surface area contributed by atoms with E-state index in [4.69, 9.17) is 10.5 Å². The lowest BCUT2D eigenvalue weighted by Crippen LogP contribution is -2.53. The smallest absolute Gasteiger partial charge is 0.239 e. The monoisotopic (exact) mass is 226 g/mol. The van der Waals surface area contributed by atoms with Gasteiger partial charge in [0.2, 0.25) is 5.91 Å². The molecule has 2 bridgehead atoms. The molecule has 0 aromatic rings. The molecule has 2 N–H and O–H groups in total. The summed E-state index contributed by atoms with van der Waals surface area (Å²) in [4.78, 5) is 14.1. The first kappa shape index (κ1) is 11.9. The number of carbonyl (C=O) groups excluding carboxylic acids is 1. The van der Waals surface area contributed by atoms with Gasteiger partial charge in [0.15, 0.2) is 0 Å². The summed E-state index contributed by atoms with van der Waals surface area (Å²) in [5.41, 5.74) is 5.98. The van der Waals surface area contributed by atoms with E-state index in [0.29, 0.717) is 0 Å². The SMILES string of the molecule is CCC(C)[C@H](N)C(=O)N1CC2CCC(C1)O2. The number of likely N-dealkylation sites (tertiary alicyclic amines) is 1. The second-order valence-electron chi connectivity index (χ2n) is 5.11. The number of nitrogens with two attached hydrogens (primary N) is 1. The Labute approximate surface area is 97.1 Å². The van der Waals surface area contributed by atoms with Gasteiger partial charge in [0.1, 0.15) is 0 Å². The molecule has 0 aromatic heterocycles. The Bertz CT molecular complexity index is 258. The molecule has 4 nitrogen and oxygen atoms in total. The van der Waals surface area contributed by atoms with Crippen molar-refractivity contribution >= 4 is 5.91 Å². The molecule has 0 aliphatic carbocycles. The summed E-state index contributed by atoms with van der Waals surface area (Å²) in [7, 11) is 0. The summed E-state index contributed by atoms with van der Waals surface area (Å²) >= 11 is 0. The second kappa shape index (κ2) is 4.72. The van der Waals surface area contributed by atoms with Gasteiger partial charge in [0.05, 0.1) is 18.2 Å². The Morgan fingerprint density at radius 3 is 2.50 bits per heavy atom. The number of carbonyl (C=O) groups is 1. The maximum Gasteiger partial charge on any atom is 0.239 e. The predicted molar refractivity (Wildman–Crippen MR) is 61.9 cm³/mol. The van der Waals surface area contributed by atoms with E-state index < -0.39 is 0 Å². The van der Waals surface area contributed by atoms with Gasteiger partial charge in [0.25, 0.3) is 0 Å². The molecule has 4 heteroatoms. The van der Waals surface area contributed by atoms with Crippen LogP contribution in [0.1, 0.15) is 33.1 Å². The molecule has 2 heterocycles. The van der Waals surface area contributed by atoms with Crippen LogP contribution in [0.4, 0.5) is 0 Å².